The number of halogens is 4. The fourth-order valence-corrected chi connectivity index (χ4v) is 2.60. The molecule has 110 valence electrons. The van der Waals surface area contributed by atoms with Crippen LogP contribution < -0.4 is 5.32 Å². The first-order valence-electron chi connectivity index (χ1n) is 6.02. The summed E-state index contributed by atoms with van der Waals surface area (Å²) in [5.74, 6) is -2.64. The molecular formula is C15H11Br2F2NO. The van der Waals surface area contributed by atoms with Gasteiger partial charge in [0.2, 0.25) is 0 Å². The first-order chi connectivity index (χ1) is 9.79. The van der Waals surface area contributed by atoms with Crippen molar-refractivity contribution in [3.05, 3.63) is 61.5 Å². The molecule has 0 heterocycles. The van der Waals surface area contributed by atoms with Gasteiger partial charge < -0.3 is 5.32 Å². The van der Waals surface area contributed by atoms with Crippen molar-refractivity contribution >= 4 is 43.5 Å². The molecule has 0 aliphatic carbocycles. The summed E-state index contributed by atoms with van der Waals surface area (Å²) in [4.78, 5) is 12.1. The Hall–Kier alpha value is -1.27. The van der Waals surface area contributed by atoms with Gasteiger partial charge in [-0.15, -0.1) is 0 Å². The molecule has 0 radical (unpaired) electrons. The first-order valence-corrected chi connectivity index (χ1v) is 7.61. The average Bonchev–Trinajstić information content (AvgIpc) is 2.34. The maximum absolute atomic E-state index is 13.7. The minimum absolute atomic E-state index is 0.240. The largest absolute Gasteiger partial charge is 0.322 e. The van der Waals surface area contributed by atoms with Crippen LogP contribution in [0.3, 0.4) is 0 Å². The Labute approximate surface area is 137 Å². The van der Waals surface area contributed by atoms with Crippen molar-refractivity contribution in [2.75, 3.05) is 5.32 Å². The van der Waals surface area contributed by atoms with E-state index in [0.717, 1.165) is 27.7 Å². The minimum Gasteiger partial charge on any atom is -0.322 e. The molecule has 0 aromatic heterocycles. The topological polar surface area (TPSA) is 29.1 Å². The van der Waals surface area contributed by atoms with E-state index in [-0.39, 0.29) is 4.47 Å². The predicted molar refractivity (Wildman–Crippen MR) is 85.6 cm³/mol. The average molecular weight is 419 g/mol. The Kier molecular flexibility index (Phi) is 4.78. The van der Waals surface area contributed by atoms with Crippen molar-refractivity contribution in [1.29, 1.82) is 0 Å². The Balaban J connectivity index is 2.35. The molecule has 0 spiro atoms. The van der Waals surface area contributed by atoms with Gasteiger partial charge in [-0.25, -0.2) is 8.78 Å². The highest BCUT2D eigenvalue weighted by Gasteiger charge is 2.19. The molecule has 2 aromatic rings. The molecule has 2 rings (SSSR count). The van der Waals surface area contributed by atoms with Crippen molar-refractivity contribution in [2.45, 2.75) is 13.8 Å². The van der Waals surface area contributed by atoms with Crippen molar-refractivity contribution in [3.8, 4) is 0 Å². The quantitative estimate of drug-likeness (QED) is 0.698. The van der Waals surface area contributed by atoms with E-state index in [2.05, 4.69) is 37.2 Å². The molecule has 21 heavy (non-hydrogen) atoms. The zero-order valence-corrected chi connectivity index (χ0v) is 14.4. The molecule has 0 saturated heterocycles. The molecule has 0 aliphatic rings. The van der Waals surface area contributed by atoms with Crippen LogP contribution in [0.15, 0.2) is 33.2 Å². The van der Waals surface area contributed by atoms with Gasteiger partial charge in [-0.2, -0.15) is 0 Å². The summed E-state index contributed by atoms with van der Waals surface area (Å²) in [6.07, 6.45) is 0. The van der Waals surface area contributed by atoms with E-state index < -0.39 is 23.1 Å². The lowest BCUT2D eigenvalue weighted by molar-refractivity contribution is 0.101. The SMILES string of the molecule is Cc1cc(NC(=O)c2c(F)cc(Br)cc2F)cc(C)c1Br. The highest BCUT2D eigenvalue weighted by molar-refractivity contribution is 9.10. The van der Waals surface area contributed by atoms with Gasteiger partial charge in [0.15, 0.2) is 0 Å². The summed E-state index contributed by atoms with van der Waals surface area (Å²) in [5, 5.41) is 2.51. The summed E-state index contributed by atoms with van der Waals surface area (Å²) >= 11 is 6.39. The van der Waals surface area contributed by atoms with Gasteiger partial charge in [0.25, 0.3) is 5.91 Å². The maximum Gasteiger partial charge on any atom is 0.261 e. The molecule has 1 amide bonds. The van der Waals surface area contributed by atoms with E-state index in [1.807, 2.05) is 13.8 Å². The number of nitrogens with one attached hydrogen (secondary N) is 1. The van der Waals surface area contributed by atoms with E-state index in [9.17, 15) is 13.6 Å². The van der Waals surface area contributed by atoms with E-state index in [0.29, 0.717) is 5.69 Å². The Morgan fingerprint density at radius 2 is 1.48 bits per heavy atom. The highest BCUT2D eigenvalue weighted by atomic mass is 79.9. The number of carbonyl (C=O) groups is 1. The number of carbonyl (C=O) groups excluding carboxylic acids is 1. The summed E-state index contributed by atoms with van der Waals surface area (Å²) in [7, 11) is 0. The van der Waals surface area contributed by atoms with E-state index in [1.165, 1.54) is 0 Å². The predicted octanol–water partition coefficient (Wildman–Crippen LogP) is 5.36. The van der Waals surface area contributed by atoms with Crippen molar-refractivity contribution in [1.82, 2.24) is 0 Å². The van der Waals surface area contributed by atoms with Crippen LogP contribution in [-0.2, 0) is 0 Å². The Bertz CT molecular complexity index is 686. The van der Waals surface area contributed by atoms with Crippen molar-refractivity contribution in [2.24, 2.45) is 0 Å². The lowest BCUT2D eigenvalue weighted by Crippen LogP contribution is -2.16. The maximum atomic E-state index is 13.7. The zero-order valence-electron chi connectivity index (χ0n) is 11.2. The molecule has 0 bridgehead atoms. The monoisotopic (exact) mass is 417 g/mol. The molecule has 0 unspecified atom stereocenters. The second kappa shape index (κ2) is 6.23. The summed E-state index contributed by atoms with van der Waals surface area (Å²) in [6.45, 7) is 3.74. The minimum atomic E-state index is -0.912. The lowest BCUT2D eigenvalue weighted by atomic mass is 10.1. The summed E-state index contributed by atoms with van der Waals surface area (Å²) in [5.41, 5.74) is 1.72. The van der Waals surface area contributed by atoms with E-state index >= 15 is 0 Å². The molecule has 2 aromatic carbocycles. The number of hydrogen-bond donors (Lipinski definition) is 1. The summed E-state index contributed by atoms with van der Waals surface area (Å²) in [6, 6.07) is 5.56. The van der Waals surface area contributed by atoms with Gasteiger partial charge in [0.1, 0.15) is 17.2 Å². The third-order valence-corrected chi connectivity index (χ3v) is 4.64. The smallest absolute Gasteiger partial charge is 0.261 e. The highest BCUT2D eigenvalue weighted by Crippen LogP contribution is 2.26. The Morgan fingerprint density at radius 1 is 1.00 bits per heavy atom. The van der Waals surface area contributed by atoms with Crippen LogP contribution >= 0.6 is 31.9 Å². The molecule has 6 heteroatoms. The lowest BCUT2D eigenvalue weighted by Gasteiger charge is -2.11. The van der Waals surface area contributed by atoms with E-state index in [4.69, 9.17) is 0 Å². The fraction of sp³-hybridized carbons (Fsp3) is 0.133. The van der Waals surface area contributed by atoms with E-state index in [1.54, 1.807) is 12.1 Å². The molecular weight excluding hydrogens is 408 g/mol. The number of benzene rings is 2. The first kappa shape index (κ1) is 16.1. The van der Waals surface area contributed by atoms with Gasteiger partial charge in [-0.1, -0.05) is 31.9 Å². The molecule has 0 aliphatic heterocycles. The Morgan fingerprint density at radius 3 is 1.95 bits per heavy atom. The van der Waals surface area contributed by atoms with Crippen LogP contribution in [0.2, 0.25) is 0 Å². The van der Waals surface area contributed by atoms with Crippen LogP contribution in [0.25, 0.3) is 0 Å². The summed E-state index contributed by atoms with van der Waals surface area (Å²) < 4.78 is 28.7. The molecule has 1 N–H and O–H groups in total. The molecule has 0 fully saturated rings. The van der Waals surface area contributed by atoms with Gasteiger partial charge in [-0.05, 0) is 49.2 Å². The molecule has 0 atom stereocenters. The van der Waals surface area contributed by atoms with Gasteiger partial charge in [0.05, 0.1) is 0 Å². The number of hydrogen-bond acceptors (Lipinski definition) is 1. The van der Waals surface area contributed by atoms with Crippen LogP contribution in [0.1, 0.15) is 21.5 Å². The second-order valence-corrected chi connectivity index (χ2v) is 6.33. The number of aryl methyl sites for hydroxylation is 2. The normalized spacial score (nSPS) is 10.6. The second-order valence-electron chi connectivity index (χ2n) is 4.62. The third kappa shape index (κ3) is 3.49. The van der Waals surface area contributed by atoms with Gasteiger partial charge in [-0.3, -0.25) is 4.79 Å². The van der Waals surface area contributed by atoms with Crippen LogP contribution in [0, 0.1) is 25.5 Å². The van der Waals surface area contributed by atoms with Crippen LogP contribution in [-0.4, -0.2) is 5.91 Å². The zero-order chi connectivity index (χ0) is 15.7. The van der Waals surface area contributed by atoms with Gasteiger partial charge in [0, 0.05) is 14.6 Å². The van der Waals surface area contributed by atoms with Crippen LogP contribution in [0.5, 0.6) is 0 Å². The van der Waals surface area contributed by atoms with Crippen molar-refractivity contribution in [3.63, 3.8) is 0 Å². The van der Waals surface area contributed by atoms with Crippen molar-refractivity contribution < 1.29 is 13.6 Å². The number of anilines is 1. The standard InChI is InChI=1S/C15H11Br2F2NO/c1-7-3-10(4-8(2)14(7)17)20-15(21)13-11(18)5-9(16)6-12(13)19/h3-6H,1-2H3,(H,20,21). The fourth-order valence-electron chi connectivity index (χ4n) is 1.97. The van der Waals surface area contributed by atoms with Gasteiger partial charge >= 0.3 is 0 Å². The number of rotatable bonds is 2. The molecule has 0 saturated carbocycles. The molecule has 2 nitrogen and oxygen atoms in total. The number of amides is 1. The van der Waals surface area contributed by atoms with Crippen LogP contribution in [0.4, 0.5) is 14.5 Å². The third-order valence-electron chi connectivity index (χ3n) is 2.93.